The summed E-state index contributed by atoms with van der Waals surface area (Å²) in [4.78, 5) is 12.1. The average molecular weight is 371 g/mol. The molecule has 1 amide bonds. The molecule has 0 atom stereocenters. The maximum Gasteiger partial charge on any atom is 0.271 e. The molecule has 4 rings (SSSR count). The van der Waals surface area contributed by atoms with Gasteiger partial charge in [0.1, 0.15) is 6.33 Å². The van der Waals surface area contributed by atoms with Gasteiger partial charge in [-0.05, 0) is 52.4 Å². The van der Waals surface area contributed by atoms with Crippen LogP contribution in [0.5, 0.6) is 11.5 Å². The van der Waals surface area contributed by atoms with Gasteiger partial charge in [0, 0.05) is 5.56 Å². The molecule has 2 aromatic carbocycles. The summed E-state index contributed by atoms with van der Waals surface area (Å²) in [5, 5.41) is 15.3. The van der Waals surface area contributed by atoms with Crippen molar-refractivity contribution in [2.45, 2.75) is 0 Å². The van der Waals surface area contributed by atoms with Crippen molar-refractivity contribution < 1.29 is 14.3 Å². The highest BCUT2D eigenvalue weighted by Gasteiger charge is 2.17. The van der Waals surface area contributed by atoms with Crippen LogP contribution in [0.2, 0.25) is 5.02 Å². The van der Waals surface area contributed by atoms with Crippen LogP contribution in [0.4, 0.5) is 0 Å². The van der Waals surface area contributed by atoms with E-state index in [9.17, 15) is 4.79 Å². The molecule has 0 fully saturated rings. The lowest BCUT2D eigenvalue weighted by atomic mass is 10.2. The van der Waals surface area contributed by atoms with Crippen LogP contribution < -0.4 is 14.9 Å². The Balaban J connectivity index is 1.42. The third-order valence-corrected chi connectivity index (χ3v) is 3.85. The zero-order chi connectivity index (χ0) is 17.9. The Hall–Kier alpha value is -3.46. The third-order valence-electron chi connectivity index (χ3n) is 3.57. The molecule has 0 saturated carbocycles. The second-order valence-corrected chi connectivity index (χ2v) is 5.64. The van der Waals surface area contributed by atoms with Gasteiger partial charge in [0.15, 0.2) is 11.5 Å². The Morgan fingerprint density at radius 3 is 2.88 bits per heavy atom. The molecule has 1 aliphatic heterocycles. The number of hydrazone groups is 1. The van der Waals surface area contributed by atoms with Gasteiger partial charge in [0.05, 0.1) is 16.9 Å². The van der Waals surface area contributed by atoms with E-state index in [0.29, 0.717) is 27.6 Å². The van der Waals surface area contributed by atoms with E-state index in [1.807, 2.05) is 0 Å². The fraction of sp³-hybridized carbons (Fsp3) is 0.0625. The van der Waals surface area contributed by atoms with E-state index >= 15 is 0 Å². The molecule has 0 bridgehead atoms. The van der Waals surface area contributed by atoms with Crippen molar-refractivity contribution in [3.8, 4) is 17.2 Å². The van der Waals surface area contributed by atoms with Crippen molar-refractivity contribution in [3.63, 3.8) is 0 Å². The minimum Gasteiger partial charge on any atom is -0.454 e. The lowest BCUT2D eigenvalue weighted by molar-refractivity contribution is 0.0955. The number of carbonyl (C=O) groups is 1. The first-order valence-corrected chi connectivity index (χ1v) is 7.84. The predicted molar refractivity (Wildman–Crippen MR) is 91.8 cm³/mol. The summed E-state index contributed by atoms with van der Waals surface area (Å²) in [6.45, 7) is 0.132. The quantitative estimate of drug-likeness (QED) is 0.555. The van der Waals surface area contributed by atoms with Gasteiger partial charge < -0.3 is 9.47 Å². The van der Waals surface area contributed by atoms with Crippen LogP contribution >= 0.6 is 11.6 Å². The lowest BCUT2D eigenvalue weighted by Crippen LogP contribution is -2.17. The number of fused-ring (bicyclic) bond motifs is 1. The Labute approximate surface area is 152 Å². The summed E-state index contributed by atoms with van der Waals surface area (Å²) in [5.74, 6) is 0.704. The van der Waals surface area contributed by atoms with Crippen LogP contribution in [-0.4, -0.2) is 39.1 Å². The van der Waals surface area contributed by atoms with Crippen LogP contribution in [-0.2, 0) is 0 Å². The van der Waals surface area contributed by atoms with Gasteiger partial charge in [-0.15, -0.1) is 5.10 Å². The van der Waals surface area contributed by atoms with Crippen LogP contribution in [0, 0.1) is 0 Å². The highest BCUT2D eigenvalue weighted by atomic mass is 35.5. The predicted octanol–water partition coefficient (Wildman–Crippen LogP) is 1.81. The normalized spacial score (nSPS) is 12.5. The largest absolute Gasteiger partial charge is 0.454 e. The molecule has 10 heteroatoms. The fourth-order valence-corrected chi connectivity index (χ4v) is 2.61. The Kier molecular flexibility index (Phi) is 4.20. The van der Waals surface area contributed by atoms with Crippen LogP contribution in [0.25, 0.3) is 5.69 Å². The first-order valence-electron chi connectivity index (χ1n) is 7.47. The highest BCUT2D eigenvalue weighted by Crippen LogP contribution is 2.39. The summed E-state index contributed by atoms with van der Waals surface area (Å²) < 4.78 is 12.0. The fourth-order valence-electron chi connectivity index (χ4n) is 2.34. The van der Waals surface area contributed by atoms with Gasteiger partial charge in [0.25, 0.3) is 5.91 Å². The number of nitrogens with one attached hydrogen (secondary N) is 1. The summed E-state index contributed by atoms with van der Waals surface area (Å²) in [5.41, 5.74) is 4.32. The van der Waals surface area contributed by atoms with Crippen LogP contribution in [0.3, 0.4) is 0 Å². The van der Waals surface area contributed by atoms with Gasteiger partial charge in [-0.3, -0.25) is 4.79 Å². The lowest BCUT2D eigenvalue weighted by Gasteiger charge is -2.03. The summed E-state index contributed by atoms with van der Waals surface area (Å²) >= 11 is 6.10. The van der Waals surface area contributed by atoms with Gasteiger partial charge >= 0.3 is 0 Å². The summed E-state index contributed by atoms with van der Waals surface area (Å²) in [6.07, 6.45) is 2.94. The first-order chi connectivity index (χ1) is 12.7. The summed E-state index contributed by atoms with van der Waals surface area (Å²) in [6, 6.07) is 10.2. The monoisotopic (exact) mass is 370 g/mol. The zero-order valence-electron chi connectivity index (χ0n) is 13.2. The molecule has 0 radical (unpaired) electrons. The van der Waals surface area contributed by atoms with Gasteiger partial charge in [-0.1, -0.05) is 11.6 Å². The minimum absolute atomic E-state index is 0.132. The maximum atomic E-state index is 12.1. The number of halogens is 1. The molecule has 0 aliphatic carbocycles. The molecule has 0 saturated heterocycles. The minimum atomic E-state index is -0.351. The molecule has 0 unspecified atom stereocenters. The second-order valence-electron chi connectivity index (χ2n) is 5.24. The number of ether oxygens (including phenoxy) is 2. The van der Waals surface area contributed by atoms with Gasteiger partial charge in [-0.2, -0.15) is 5.10 Å². The van der Waals surface area contributed by atoms with Crippen LogP contribution in [0.15, 0.2) is 47.8 Å². The Morgan fingerprint density at radius 2 is 2.12 bits per heavy atom. The number of tetrazole rings is 1. The number of hydrogen-bond acceptors (Lipinski definition) is 7. The molecule has 130 valence electrons. The van der Waals surface area contributed by atoms with E-state index in [2.05, 4.69) is 26.1 Å². The molecule has 1 aliphatic rings. The van der Waals surface area contributed by atoms with E-state index in [4.69, 9.17) is 21.1 Å². The first kappa shape index (κ1) is 16.0. The standard InChI is InChI=1S/C16H11ClN6O3/c17-13-5-10(6-14-15(13)26-9-25-14)7-18-20-16(24)11-1-3-12(4-2-11)23-8-19-21-22-23/h1-8H,9H2,(H,20,24)/b18-7-. The number of carbonyl (C=O) groups excluding carboxylic acids is 1. The number of amides is 1. The average Bonchev–Trinajstić information content (AvgIpc) is 3.34. The topological polar surface area (TPSA) is 104 Å². The Morgan fingerprint density at radius 1 is 1.27 bits per heavy atom. The van der Waals surface area contributed by atoms with E-state index in [1.165, 1.54) is 17.2 Å². The Bertz CT molecular complexity index is 972. The molecule has 26 heavy (non-hydrogen) atoms. The van der Waals surface area contributed by atoms with Crippen molar-refractivity contribution in [2.24, 2.45) is 5.10 Å². The zero-order valence-corrected chi connectivity index (χ0v) is 13.9. The molecule has 3 aromatic rings. The van der Waals surface area contributed by atoms with Gasteiger partial charge in [0.2, 0.25) is 6.79 Å². The van der Waals surface area contributed by atoms with Crippen molar-refractivity contribution in [1.82, 2.24) is 25.6 Å². The van der Waals surface area contributed by atoms with E-state index in [0.717, 1.165) is 5.69 Å². The van der Waals surface area contributed by atoms with E-state index in [-0.39, 0.29) is 12.7 Å². The third kappa shape index (κ3) is 3.20. The summed E-state index contributed by atoms with van der Waals surface area (Å²) in [7, 11) is 0. The van der Waals surface area contributed by atoms with Crippen molar-refractivity contribution in [2.75, 3.05) is 6.79 Å². The molecular formula is C16H11ClN6O3. The smallest absolute Gasteiger partial charge is 0.271 e. The molecule has 1 N–H and O–H groups in total. The SMILES string of the molecule is O=C(N/N=C\c1cc(Cl)c2c(c1)OCO2)c1ccc(-n2cnnn2)cc1. The highest BCUT2D eigenvalue weighted by molar-refractivity contribution is 6.32. The molecule has 1 aromatic heterocycles. The van der Waals surface area contributed by atoms with Crippen molar-refractivity contribution >= 4 is 23.7 Å². The number of nitrogens with zero attached hydrogens (tertiary/aromatic N) is 5. The molecule has 2 heterocycles. The maximum absolute atomic E-state index is 12.1. The van der Waals surface area contributed by atoms with E-state index in [1.54, 1.807) is 36.4 Å². The van der Waals surface area contributed by atoms with Gasteiger partial charge in [-0.25, -0.2) is 10.1 Å². The second kappa shape index (κ2) is 6.81. The van der Waals surface area contributed by atoms with Crippen molar-refractivity contribution in [1.29, 1.82) is 0 Å². The number of aromatic nitrogens is 4. The molecule has 9 nitrogen and oxygen atoms in total. The van der Waals surface area contributed by atoms with E-state index < -0.39 is 0 Å². The van der Waals surface area contributed by atoms with Crippen LogP contribution in [0.1, 0.15) is 15.9 Å². The van der Waals surface area contributed by atoms with Crippen molar-refractivity contribution in [3.05, 3.63) is 58.9 Å². The molecule has 0 spiro atoms. The number of benzene rings is 2. The number of rotatable bonds is 4. The number of hydrogen-bond donors (Lipinski definition) is 1. The molecular weight excluding hydrogens is 360 g/mol.